The Labute approximate surface area is 147 Å². The van der Waals surface area contributed by atoms with Crippen LogP contribution in [0.4, 0.5) is 4.39 Å². The molecule has 0 aliphatic rings. The highest BCUT2D eigenvalue weighted by atomic mass is 19.1. The second-order valence-corrected chi connectivity index (χ2v) is 5.78. The maximum atomic E-state index is 12.8. The maximum Gasteiger partial charge on any atom is 0.310 e. The highest BCUT2D eigenvalue weighted by molar-refractivity contribution is 5.81. The summed E-state index contributed by atoms with van der Waals surface area (Å²) in [5.41, 5.74) is 1.66. The van der Waals surface area contributed by atoms with E-state index in [1.165, 1.54) is 24.3 Å². The number of nitrogens with one attached hydrogen (secondary N) is 1. The number of ether oxygens (including phenoxy) is 1. The third kappa shape index (κ3) is 6.37. The molecule has 1 unspecified atom stereocenters. The van der Waals surface area contributed by atoms with Crippen LogP contribution >= 0.6 is 0 Å². The Bertz CT molecular complexity index is 686. The Balaban J connectivity index is 1.82. The van der Waals surface area contributed by atoms with Crippen LogP contribution in [0.5, 0.6) is 0 Å². The van der Waals surface area contributed by atoms with E-state index < -0.39 is 5.97 Å². The highest BCUT2D eigenvalue weighted by Crippen LogP contribution is 2.17. The molecule has 0 saturated carbocycles. The molecule has 2 aromatic rings. The second kappa shape index (κ2) is 9.57. The lowest BCUT2D eigenvalue weighted by Crippen LogP contribution is -2.32. The van der Waals surface area contributed by atoms with Gasteiger partial charge in [-0.1, -0.05) is 55.8 Å². The number of hydrogen-bond donors (Lipinski definition) is 1. The van der Waals surface area contributed by atoms with E-state index in [0.717, 1.165) is 18.4 Å². The summed E-state index contributed by atoms with van der Waals surface area (Å²) in [5, 5.41) is 2.90. The van der Waals surface area contributed by atoms with Gasteiger partial charge in [-0.25, -0.2) is 4.39 Å². The summed E-state index contributed by atoms with van der Waals surface area (Å²) in [6, 6.07) is 15.2. The van der Waals surface area contributed by atoms with E-state index in [9.17, 15) is 14.0 Å². The van der Waals surface area contributed by atoms with Gasteiger partial charge in [-0.05, 0) is 29.7 Å². The molecule has 0 heterocycles. The Morgan fingerprint density at radius 3 is 2.40 bits per heavy atom. The molecule has 2 rings (SSSR count). The fourth-order valence-corrected chi connectivity index (χ4v) is 2.50. The Kier molecular flexibility index (Phi) is 7.14. The fraction of sp³-hybridized carbons (Fsp3) is 0.300. The highest BCUT2D eigenvalue weighted by Gasteiger charge is 2.15. The zero-order chi connectivity index (χ0) is 18.1. The fourth-order valence-electron chi connectivity index (χ4n) is 2.50. The Hall–Kier alpha value is -2.69. The molecule has 1 N–H and O–H groups in total. The van der Waals surface area contributed by atoms with Gasteiger partial charge in [-0.3, -0.25) is 9.59 Å². The number of esters is 1. The normalized spacial score (nSPS) is 11.6. The molecule has 1 atom stereocenters. The zero-order valence-corrected chi connectivity index (χ0v) is 14.2. The number of hydrogen-bond acceptors (Lipinski definition) is 3. The zero-order valence-electron chi connectivity index (χ0n) is 14.2. The van der Waals surface area contributed by atoms with Crippen molar-refractivity contribution in [2.24, 2.45) is 0 Å². The molecule has 0 aliphatic heterocycles. The van der Waals surface area contributed by atoms with Gasteiger partial charge >= 0.3 is 5.97 Å². The van der Waals surface area contributed by atoms with E-state index in [4.69, 9.17) is 4.74 Å². The summed E-state index contributed by atoms with van der Waals surface area (Å²) < 4.78 is 17.8. The molecule has 0 radical (unpaired) electrons. The first-order valence-electron chi connectivity index (χ1n) is 8.33. The molecular weight excluding hydrogens is 321 g/mol. The number of benzene rings is 2. The van der Waals surface area contributed by atoms with Crippen LogP contribution in [0.25, 0.3) is 0 Å². The minimum absolute atomic E-state index is 0.00460. The average molecular weight is 343 g/mol. The first-order valence-corrected chi connectivity index (χ1v) is 8.33. The molecule has 0 aromatic heterocycles. The second-order valence-electron chi connectivity index (χ2n) is 5.78. The van der Waals surface area contributed by atoms with Gasteiger partial charge in [0.05, 0.1) is 12.5 Å². The van der Waals surface area contributed by atoms with Crippen molar-refractivity contribution in [2.45, 2.75) is 32.2 Å². The van der Waals surface area contributed by atoms with Crippen molar-refractivity contribution in [1.82, 2.24) is 5.32 Å². The van der Waals surface area contributed by atoms with E-state index in [1.54, 1.807) is 0 Å². The average Bonchev–Trinajstić information content (AvgIpc) is 2.62. The van der Waals surface area contributed by atoms with E-state index in [2.05, 4.69) is 5.32 Å². The van der Waals surface area contributed by atoms with Gasteiger partial charge in [-0.15, -0.1) is 0 Å². The predicted octanol–water partition coefficient (Wildman–Crippen LogP) is 3.57. The first-order chi connectivity index (χ1) is 12.1. The smallest absolute Gasteiger partial charge is 0.310 e. The summed E-state index contributed by atoms with van der Waals surface area (Å²) in [6.07, 6.45) is 1.73. The summed E-state index contributed by atoms with van der Waals surface area (Å²) in [6.45, 7) is 1.72. The molecule has 0 fully saturated rings. The SMILES string of the molecule is CCCC(NC(=O)COC(=O)Cc1ccc(F)cc1)c1ccccc1. The summed E-state index contributed by atoms with van der Waals surface area (Å²) >= 11 is 0. The van der Waals surface area contributed by atoms with Crippen LogP contribution < -0.4 is 5.32 Å². The third-order valence-corrected chi connectivity index (χ3v) is 3.74. The largest absolute Gasteiger partial charge is 0.455 e. The number of carbonyl (C=O) groups excluding carboxylic acids is 2. The lowest BCUT2D eigenvalue weighted by atomic mass is 10.0. The van der Waals surface area contributed by atoms with Gasteiger partial charge in [-0.2, -0.15) is 0 Å². The van der Waals surface area contributed by atoms with Crippen molar-refractivity contribution >= 4 is 11.9 Å². The molecule has 132 valence electrons. The Morgan fingerprint density at radius 1 is 1.08 bits per heavy atom. The van der Waals surface area contributed by atoms with E-state index in [-0.39, 0.29) is 30.8 Å². The van der Waals surface area contributed by atoms with Crippen LogP contribution in [-0.2, 0) is 20.7 Å². The summed E-state index contributed by atoms with van der Waals surface area (Å²) in [5.74, 6) is -1.22. The van der Waals surface area contributed by atoms with Gasteiger partial charge in [0.2, 0.25) is 0 Å². The van der Waals surface area contributed by atoms with Crippen molar-refractivity contribution < 1.29 is 18.7 Å². The van der Waals surface area contributed by atoms with Crippen LogP contribution in [0.15, 0.2) is 54.6 Å². The number of halogens is 1. The third-order valence-electron chi connectivity index (χ3n) is 3.74. The van der Waals surface area contributed by atoms with Crippen LogP contribution in [0.1, 0.15) is 36.9 Å². The first kappa shape index (κ1) is 18.6. The molecule has 1 amide bonds. The number of carbonyl (C=O) groups is 2. The van der Waals surface area contributed by atoms with E-state index in [0.29, 0.717) is 5.56 Å². The topological polar surface area (TPSA) is 55.4 Å². The van der Waals surface area contributed by atoms with Crippen molar-refractivity contribution in [1.29, 1.82) is 0 Å². The number of rotatable bonds is 8. The monoisotopic (exact) mass is 343 g/mol. The minimum Gasteiger partial charge on any atom is -0.455 e. The van der Waals surface area contributed by atoms with Crippen molar-refractivity contribution in [2.75, 3.05) is 6.61 Å². The molecule has 5 heteroatoms. The van der Waals surface area contributed by atoms with Crippen molar-refractivity contribution in [3.05, 3.63) is 71.5 Å². The van der Waals surface area contributed by atoms with Gasteiger partial charge in [0, 0.05) is 0 Å². The van der Waals surface area contributed by atoms with Gasteiger partial charge in [0.1, 0.15) is 5.82 Å². The molecule has 0 spiro atoms. The lowest BCUT2D eigenvalue weighted by Gasteiger charge is -2.18. The summed E-state index contributed by atoms with van der Waals surface area (Å²) in [4.78, 5) is 23.9. The van der Waals surface area contributed by atoms with Crippen LogP contribution in [0.2, 0.25) is 0 Å². The van der Waals surface area contributed by atoms with Crippen LogP contribution in [0.3, 0.4) is 0 Å². The standard InChI is InChI=1S/C20H22FNO3/c1-2-6-18(16-7-4-3-5-8-16)22-19(23)14-25-20(24)13-15-9-11-17(21)12-10-15/h3-5,7-12,18H,2,6,13-14H2,1H3,(H,22,23). The van der Waals surface area contributed by atoms with Gasteiger partial charge < -0.3 is 10.1 Å². The van der Waals surface area contributed by atoms with Gasteiger partial charge in [0.25, 0.3) is 5.91 Å². The molecule has 25 heavy (non-hydrogen) atoms. The maximum absolute atomic E-state index is 12.8. The lowest BCUT2D eigenvalue weighted by molar-refractivity contribution is -0.148. The molecule has 2 aromatic carbocycles. The molecular formula is C20H22FNO3. The van der Waals surface area contributed by atoms with E-state index >= 15 is 0 Å². The predicted molar refractivity (Wildman–Crippen MR) is 93.3 cm³/mol. The van der Waals surface area contributed by atoms with Crippen LogP contribution in [-0.4, -0.2) is 18.5 Å². The van der Waals surface area contributed by atoms with Crippen molar-refractivity contribution in [3.63, 3.8) is 0 Å². The van der Waals surface area contributed by atoms with Crippen LogP contribution in [0, 0.1) is 5.82 Å². The van der Waals surface area contributed by atoms with E-state index in [1.807, 2.05) is 37.3 Å². The Morgan fingerprint density at radius 2 is 1.76 bits per heavy atom. The van der Waals surface area contributed by atoms with Gasteiger partial charge in [0.15, 0.2) is 6.61 Å². The molecule has 4 nitrogen and oxygen atoms in total. The quantitative estimate of drug-likeness (QED) is 0.746. The molecule has 0 aliphatic carbocycles. The number of amides is 1. The summed E-state index contributed by atoms with van der Waals surface area (Å²) in [7, 11) is 0. The molecule has 0 saturated heterocycles. The molecule has 0 bridgehead atoms. The van der Waals surface area contributed by atoms with Crippen molar-refractivity contribution in [3.8, 4) is 0 Å². The minimum atomic E-state index is -0.520.